The Balaban J connectivity index is 1.26. The van der Waals surface area contributed by atoms with Gasteiger partial charge in [-0.3, -0.25) is 14.2 Å². The van der Waals surface area contributed by atoms with Gasteiger partial charge in [0.2, 0.25) is 0 Å². The van der Waals surface area contributed by atoms with Gasteiger partial charge < -0.3 is 9.64 Å². The van der Waals surface area contributed by atoms with E-state index in [-0.39, 0.29) is 28.4 Å². The van der Waals surface area contributed by atoms with Crippen LogP contribution < -0.4 is 10.3 Å². The van der Waals surface area contributed by atoms with E-state index in [2.05, 4.69) is 10.1 Å². The highest BCUT2D eigenvalue weighted by Crippen LogP contribution is 2.30. The largest absolute Gasteiger partial charge is 0.497 e. The number of benzene rings is 2. The zero-order valence-corrected chi connectivity index (χ0v) is 20.0. The van der Waals surface area contributed by atoms with Crippen molar-refractivity contribution < 1.29 is 22.7 Å². The lowest BCUT2D eigenvalue weighted by atomic mass is 9.96. The first kappa shape index (κ1) is 24.5. The van der Waals surface area contributed by atoms with E-state index in [0.29, 0.717) is 36.6 Å². The molecule has 1 aliphatic rings. The van der Waals surface area contributed by atoms with E-state index in [9.17, 15) is 22.8 Å². The Morgan fingerprint density at radius 1 is 1.05 bits per heavy atom. The molecule has 0 unspecified atom stereocenters. The Morgan fingerprint density at radius 2 is 1.73 bits per heavy atom. The van der Waals surface area contributed by atoms with Crippen molar-refractivity contribution in [2.45, 2.75) is 25.6 Å². The van der Waals surface area contributed by atoms with Gasteiger partial charge in [0, 0.05) is 25.2 Å². The number of carbonyl (C=O) groups is 1. The molecule has 1 saturated heterocycles. The molecule has 1 aliphatic heterocycles. The molecule has 0 spiro atoms. The third-order valence-electron chi connectivity index (χ3n) is 6.69. The summed E-state index contributed by atoms with van der Waals surface area (Å²) in [4.78, 5) is 32.1. The Hall–Kier alpha value is -4.15. The van der Waals surface area contributed by atoms with E-state index in [4.69, 9.17) is 4.74 Å². The van der Waals surface area contributed by atoms with Gasteiger partial charge >= 0.3 is 6.18 Å². The number of likely N-dealkylation sites (tertiary alicyclic amines) is 1. The number of hydrogen-bond donors (Lipinski definition) is 0. The van der Waals surface area contributed by atoms with Gasteiger partial charge in [0.15, 0.2) is 5.65 Å². The van der Waals surface area contributed by atoms with E-state index in [1.165, 1.54) is 33.9 Å². The molecule has 3 heterocycles. The summed E-state index contributed by atoms with van der Waals surface area (Å²) in [5, 5.41) is 4.47. The summed E-state index contributed by atoms with van der Waals surface area (Å²) < 4.78 is 46.6. The molecule has 2 aromatic heterocycles. The zero-order chi connectivity index (χ0) is 26.2. The van der Waals surface area contributed by atoms with Crippen LogP contribution in [0, 0.1) is 5.92 Å². The Kier molecular flexibility index (Phi) is 6.45. The van der Waals surface area contributed by atoms with E-state index in [0.717, 1.165) is 25.0 Å². The molecule has 0 atom stereocenters. The van der Waals surface area contributed by atoms with Crippen LogP contribution in [0.15, 0.2) is 65.8 Å². The predicted octanol–water partition coefficient (Wildman–Crippen LogP) is 4.16. The fraction of sp³-hybridized carbons (Fsp3) is 0.308. The number of halogens is 3. The van der Waals surface area contributed by atoms with Crippen molar-refractivity contribution in [3.8, 4) is 11.4 Å². The second-order valence-electron chi connectivity index (χ2n) is 9.00. The van der Waals surface area contributed by atoms with E-state index < -0.39 is 11.7 Å². The highest BCUT2D eigenvalue weighted by Gasteiger charge is 2.30. The number of methoxy groups -OCH3 is 1. The summed E-state index contributed by atoms with van der Waals surface area (Å²) in [6.45, 7) is 1.63. The van der Waals surface area contributed by atoms with Crippen molar-refractivity contribution in [2.75, 3.05) is 20.2 Å². The van der Waals surface area contributed by atoms with Crippen LogP contribution in [0.2, 0.25) is 0 Å². The van der Waals surface area contributed by atoms with Crippen molar-refractivity contribution >= 4 is 16.9 Å². The Labute approximate surface area is 209 Å². The maximum absolute atomic E-state index is 13.1. The second-order valence-corrected chi connectivity index (χ2v) is 9.00. The fourth-order valence-electron chi connectivity index (χ4n) is 4.57. The highest BCUT2D eigenvalue weighted by atomic mass is 19.4. The lowest BCUT2D eigenvalue weighted by Crippen LogP contribution is -2.40. The van der Waals surface area contributed by atoms with Crippen LogP contribution in [0.4, 0.5) is 13.2 Å². The summed E-state index contributed by atoms with van der Waals surface area (Å²) in [7, 11) is 1.57. The smallest absolute Gasteiger partial charge is 0.416 e. The minimum Gasteiger partial charge on any atom is -0.497 e. The first-order valence-corrected chi connectivity index (χ1v) is 11.8. The molecule has 1 amide bonds. The lowest BCUT2D eigenvalue weighted by Gasteiger charge is -2.32. The summed E-state index contributed by atoms with van der Waals surface area (Å²) >= 11 is 0. The number of carbonyl (C=O) groups excluding carboxylic acids is 1. The molecule has 4 aromatic rings. The fourth-order valence-corrected chi connectivity index (χ4v) is 4.57. The minimum absolute atomic E-state index is 0.0305. The quantitative estimate of drug-likeness (QED) is 0.402. The molecule has 11 heteroatoms. The monoisotopic (exact) mass is 511 g/mol. The molecule has 192 valence electrons. The van der Waals surface area contributed by atoms with Crippen molar-refractivity contribution in [1.82, 2.24) is 24.2 Å². The van der Waals surface area contributed by atoms with Gasteiger partial charge in [0.1, 0.15) is 11.1 Å². The average molecular weight is 512 g/mol. The summed E-state index contributed by atoms with van der Waals surface area (Å²) in [6.07, 6.45) is -0.110. The number of ether oxygens (including phenoxy) is 1. The summed E-state index contributed by atoms with van der Waals surface area (Å²) in [5.74, 6) is 0.857. The first-order valence-electron chi connectivity index (χ1n) is 11.8. The number of amides is 1. The number of hydrogen-bond acceptors (Lipinski definition) is 5. The zero-order valence-electron chi connectivity index (χ0n) is 20.0. The lowest BCUT2D eigenvalue weighted by molar-refractivity contribution is -0.137. The van der Waals surface area contributed by atoms with Crippen LogP contribution >= 0.6 is 0 Å². The van der Waals surface area contributed by atoms with Crippen LogP contribution in [0.3, 0.4) is 0 Å². The van der Waals surface area contributed by atoms with Crippen molar-refractivity contribution in [3.63, 3.8) is 0 Å². The standard InChI is InChI=1S/C26H24F3N5O3/c1-37-21-8-2-18(3-9-21)24(35)32-12-10-17(11-13-32)15-33-16-30-23-22(25(33)36)14-31-34(23)20-6-4-19(5-7-20)26(27,28)29/h2-9,14,16-17H,10-13,15H2,1H3. The molecule has 8 nitrogen and oxygen atoms in total. The van der Waals surface area contributed by atoms with Gasteiger partial charge in [-0.05, 0) is 67.3 Å². The maximum Gasteiger partial charge on any atom is 0.416 e. The molecule has 0 bridgehead atoms. The van der Waals surface area contributed by atoms with Crippen molar-refractivity contribution in [3.05, 3.63) is 82.5 Å². The summed E-state index contributed by atoms with van der Waals surface area (Å²) in [6, 6.07) is 11.5. The van der Waals surface area contributed by atoms with Gasteiger partial charge in [-0.1, -0.05) is 0 Å². The molecule has 1 fully saturated rings. The van der Waals surface area contributed by atoms with Crippen molar-refractivity contribution in [1.29, 1.82) is 0 Å². The number of aromatic nitrogens is 4. The second kappa shape index (κ2) is 9.72. The molecule has 5 rings (SSSR count). The van der Waals surface area contributed by atoms with Gasteiger partial charge in [0.25, 0.3) is 11.5 Å². The molecule has 0 radical (unpaired) electrons. The number of fused-ring (bicyclic) bond motifs is 1. The van der Waals surface area contributed by atoms with E-state index in [1.54, 1.807) is 31.4 Å². The van der Waals surface area contributed by atoms with Gasteiger partial charge in [-0.15, -0.1) is 0 Å². The number of nitrogens with zero attached hydrogens (tertiary/aromatic N) is 5. The minimum atomic E-state index is -4.43. The first-order chi connectivity index (χ1) is 17.7. The topological polar surface area (TPSA) is 82.2 Å². The van der Waals surface area contributed by atoms with Crippen LogP contribution in [0.25, 0.3) is 16.7 Å². The number of alkyl halides is 3. The van der Waals surface area contributed by atoms with Gasteiger partial charge in [0.05, 0.1) is 30.9 Å². The van der Waals surface area contributed by atoms with E-state index in [1.807, 2.05) is 4.90 Å². The Morgan fingerprint density at radius 3 is 2.35 bits per heavy atom. The third kappa shape index (κ3) is 4.93. The number of piperidine rings is 1. The molecular weight excluding hydrogens is 487 g/mol. The molecule has 2 aromatic carbocycles. The molecule has 0 aliphatic carbocycles. The molecule has 37 heavy (non-hydrogen) atoms. The molecular formula is C26H24F3N5O3. The van der Waals surface area contributed by atoms with Crippen LogP contribution in [-0.4, -0.2) is 50.3 Å². The molecule has 0 saturated carbocycles. The van der Waals surface area contributed by atoms with Crippen LogP contribution in [0.5, 0.6) is 5.75 Å². The molecule has 0 N–H and O–H groups in total. The highest BCUT2D eigenvalue weighted by molar-refractivity contribution is 5.94. The SMILES string of the molecule is COc1ccc(C(=O)N2CCC(Cn3cnc4c(cnn4-c4ccc(C(F)(F)F)cc4)c3=O)CC2)cc1. The Bertz CT molecular complexity index is 1470. The van der Waals surface area contributed by atoms with Crippen LogP contribution in [0.1, 0.15) is 28.8 Å². The average Bonchev–Trinajstić information content (AvgIpc) is 3.35. The van der Waals surface area contributed by atoms with Crippen molar-refractivity contribution in [2.24, 2.45) is 5.92 Å². The third-order valence-corrected chi connectivity index (χ3v) is 6.69. The predicted molar refractivity (Wildman–Crippen MR) is 130 cm³/mol. The normalized spacial score (nSPS) is 14.8. The van der Waals surface area contributed by atoms with Gasteiger partial charge in [-0.25, -0.2) is 9.67 Å². The summed E-state index contributed by atoms with van der Waals surface area (Å²) in [5.41, 5.74) is 0.234. The van der Waals surface area contributed by atoms with Gasteiger partial charge in [-0.2, -0.15) is 18.3 Å². The van der Waals surface area contributed by atoms with Crippen LogP contribution in [-0.2, 0) is 12.7 Å². The maximum atomic E-state index is 13.1. The number of rotatable bonds is 5. The van der Waals surface area contributed by atoms with E-state index >= 15 is 0 Å².